The number of nitrogens with two attached hydrogens (primary N) is 1. The van der Waals surface area contributed by atoms with Crippen LogP contribution in [0.4, 0.5) is 8.78 Å². The molecule has 4 atom stereocenters. The van der Waals surface area contributed by atoms with Gasteiger partial charge >= 0.3 is 0 Å². The van der Waals surface area contributed by atoms with Crippen LogP contribution in [0.2, 0.25) is 0 Å². The number of benzene rings is 1. The third-order valence-electron chi connectivity index (χ3n) is 6.38. The first-order chi connectivity index (χ1) is 14.8. The van der Waals surface area contributed by atoms with Gasteiger partial charge in [-0.2, -0.15) is 9.19 Å². The first-order valence-electron chi connectivity index (χ1n) is 10.3. The van der Waals surface area contributed by atoms with Gasteiger partial charge in [-0.1, -0.05) is 0 Å². The molecule has 1 unspecified atom stereocenters. The summed E-state index contributed by atoms with van der Waals surface area (Å²) in [7, 11) is -3.62. The second-order valence-corrected chi connectivity index (χ2v) is 10.4. The molecule has 1 aromatic carbocycles. The van der Waals surface area contributed by atoms with Gasteiger partial charge < -0.3 is 15.2 Å². The third-order valence-corrected chi connectivity index (χ3v) is 8.39. The molecule has 31 heavy (non-hydrogen) atoms. The second kappa shape index (κ2) is 7.89. The van der Waals surface area contributed by atoms with Crippen molar-refractivity contribution >= 4 is 10.0 Å². The average Bonchev–Trinajstić information content (AvgIpc) is 3.47. The Morgan fingerprint density at radius 3 is 2.77 bits per heavy atom. The predicted octanol–water partition coefficient (Wildman–Crippen LogP) is 1.30. The zero-order chi connectivity index (χ0) is 21.8. The minimum Gasteiger partial charge on any atom is -0.380 e. The summed E-state index contributed by atoms with van der Waals surface area (Å²) in [6, 6.07) is 2.67. The van der Waals surface area contributed by atoms with Gasteiger partial charge in [0.2, 0.25) is 0 Å². The molecule has 11 heteroatoms. The lowest BCUT2D eigenvalue weighted by Gasteiger charge is -2.38. The van der Waals surface area contributed by atoms with Crippen LogP contribution in [0.15, 0.2) is 24.4 Å². The van der Waals surface area contributed by atoms with Crippen LogP contribution in [-0.2, 0) is 32.6 Å². The van der Waals surface area contributed by atoms with Crippen molar-refractivity contribution in [3.8, 4) is 0 Å². The van der Waals surface area contributed by atoms with Crippen molar-refractivity contribution in [2.45, 2.75) is 49.4 Å². The summed E-state index contributed by atoms with van der Waals surface area (Å²) in [5.41, 5.74) is 7.91. The van der Waals surface area contributed by atoms with Crippen molar-refractivity contribution in [1.29, 1.82) is 0 Å². The van der Waals surface area contributed by atoms with E-state index in [0.717, 1.165) is 27.8 Å². The quantitative estimate of drug-likeness (QED) is 0.743. The number of halogens is 2. The lowest BCUT2D eigenvalue weighted by atomic mass is 9.93. The van der Waals surface area contributed by atoms with E-state index in [1.54, 1.807) is 6.20 Å². The lowest BCUT2D eigenvalue weighted by Crippen LogP contribution is -2.48. The third kappa shape index (κ3) is 3.68. The van der Waals surface area contributed by atoms with Gasteiger partial charge in [0.15, 0.2) is 0 Å². The molecule has 0 radical (unpaired) electrons. The van der Waals surface area contributed by atoms with Gasteiger partial charge in [-0.05, 0) is 31.0 Å². The molecular weight excluding hydrogens is 430 g/mol. The van der Waals surface area contributed by atoms with Crippen molar-refractivity contribution in [2.75, 3.05) is 19.8 Å². The molecule has 0 aliphatic carbocycles. The molecule has 0 spiro atoms. The predicted molar refractivity (Wildman–Crippen MR) is 106 cm³/mol. The smallest absolute Gasteiger partial charge is 0.259 e. The van der Waals surface area contributed by atoms with E-state index < -0.39 is 39.1 Å². The molecule has 8 nitrogen and oxygen atoms in total. The SMILES string of the molecule is N[C@H]1C[C@@H](N2Cc3cnn(S(=O)(=O)C4CCOC4)c3C2)CO[C@@H]1c1cc(F)ccc1F. The fraction of sp³-hybridized carbons (Fsp3) is 0.550. The summed E-state index contributed by atoms with van der Waals surface area (Å²) < 4.78 is 65.9. The average molecular weight is 454 g/mol. The maximum atomic E-state index is 14.2. The summed E-state index contributed by atoms with van der Waals surface area (Å²) in [6.07, 6.45) is 1.85. The first kappa shape index (κ1) is 21.0. The van der Waals surface area contributed by atoms with Crippen LogP contribution in [0.25, 0.3) is 0 Å². The van der Waals surface area contributed by atoms with E-state index in [9.17, 15) is 17.2 Å². The van der Waals surface area contributed by atoms with Crippen molar-refractivity contribution < 1.29 is 26.7 Å². The number of ether oxygens (including phenoxy) is 2. The fourth-order valence-electron chi connectivity index (χ4n) is 4.67. The molecule has 4 heterocycles. The van der Waals surface area contributed by atoms with E-state index >= 15 is 0 Å². The van der Waals surface area contributed by atoms with Crippen LogP contribution in [0.1, 0.15) is 35.8 Å². The summed E-state index contributed by atoms with van der Waals surface area (Å²) in [5.74, 6) is -1.09. The van der Waals surface area contributed by atoms with E-state index in [0.29, 0.717) is 38.2 Å². The van der Waals surface area contributed by atoms with E-state index in [4.69, 9.17) is 15.2 Å². The molecular formula is C20H24F2N4O4S. The van der Waals surface area contributed by atoms with E-state index in [1.807, 2.05) is 0 Å². The molecule has 0 amide bonds. The van der Waals surface area contributed by atoms with Gasteiger partial charge in [-0.3, -0.25) is 4.90 Å². The normalized spacial score (nSPS) is 29.4. The lowest BCUT2D eigenvalue weighted by molar-refractivity contribution is -0.0533. The number of aromatic nitrogens is 2. The van der Waals surface area contributed by atoms with Crippen LogP contribution in [0.3, 0.4) is 0 Å². The van der Waals surface area contributed by atoms with Crippen LogP contribution < -0.4 is 5.73 Å². The fourth-order valence-corrected chi connectivity index (χ4v) is 6.27. The minimum atomic E-state index is -3.62. The van der Waals surface area contributed by atoms with E-state index in [1.165, 1.54) is 0 Å². The minimum absolute atomic E-state index is 0.0683. The van der Waals surface area contributed by atoms with Gasteiger partial charge in [0.25, 0.3) is 10.0 Å². The second-order valence-electron chi connectivity index (χ2n) is 8.37. The highest BCUT2D eigenvalue weighted by molar-refractivity contribution is 7.90. The highest BCUT2D eigenvalue weighted by Crippen LogP contribution is 2.35. The molecule has 5 rings (SSSR count). The van der Waals surface area contributed by atoms with Gasteiger partial charge in [0, 0.05) is 42.9 Å². The van der Waals surface area contributed by atoms with Gasteiger partial charge in [0.1, 0.15) is 23.0 Å². The van der Waals surface area contributed by atoms with Crippen molar-refractivity contribution in [2.24, 2.45) is 5.73 Å². The summed E-state index contributed by atoms with van der Waals surface area (Å²) in [6.45, 7) is 1.84. The van der Waals surface area contributed by atoms with Crippen molar-refractivity contribution in [3.05, 3.63) is 52.9 Å². The standard InChI is InChI=1S/C20H24F2N4O4S/c21-13-1-2-17(22)16(5-13)20-18(23)6-14(10-30-20)25-8-12-7-24-26(19(12)9-25)31(27,28)15-3-4-29-11-15/h1-2,5,7,14-15,18,20H,3-4,6,8-11,23H2/t14-,15?,18+,20-/m1/s1. The molecule has 2 saturated heterocycles. The Bertz CT molecular complexity index is 1090. The highest BCUT2D eigenvalue weighted by Gasteiger charge is 2.40. The van der Waals surface area contributed by atoms with E-state index in [2.05, 4.69) is 10.00 Å². The molecule has 3 aliphatic heterocycles. The van der Waals surface area contributed by atoms with Crippen LogP contribution in [-0.4, -0.2) is 59.7 Å². The Kier molecular flexibility index (Phi) is 5.33. The Hall–Kier alpha value is -1.92. The largest absolute Gasteiger partial charge is 0.380 e. The first-order valence-corrected chi connectivity index (χ1v) is 11.8. The van der Waals surface area contributed by atoms with Crippen molar-refractivity contribution in [1.82, 2.24) is 14.1 Å². The Labute approximate surface area is 179 Å². The summed E-state index contributed by atoms with van der Waals surface area (Å²) >= 11 is 0. The number of hydrogen-bond donors (Lipinski definition) is 1. The maximum Gasteiger partial charge on any atom is 0.259 e. The zero-order valence-corrected chi connectivity index (χ0v) is 17.6. The monoisotopic (exact) mass is 454 g/mol. The molecule has 0 saturated carbocycles. The zero-order valence-electron chi connectivity index (χ0n) is 16.8. The number of fused-ring (bicyclic) bond motifs is 1. The molecule has 168 valence electrons. The van der Waals surface area contributed by atoms with Crippen LogP contribution in [0.5, 0.6) is 0 Å². The number of hydrogen-bond acceptors (Lipinski definition) is 7. The highest BCUT2D eigenvalue weighted by atomic mass is 32.2. The Morgan fingerprint density at radius 1 is 1.19 bits per heavy atom. The van der Waals surface area contributed by atoms with Crippen molar-refractivity contribution in [3.63, 3.8) is 0 Å². The number of rotatable bonds is 4. The number of nitrogens with zero attached hydrogens (tertiary/aromatic N) is 3. The van der Waals surface area contributed by atoms with Crippen LogP contribution in [0, 0.1) is 11.6 Å². The summed E-state index contributed by atoms with van der Waals surface area (Å²) in [4.78, 5) is 2.10. The van der Waals surface area contributed by atoms with Crippen LogP contribution >= 0.6 is 0 Å². The summed E-state index contributed by atoms with van der Waals surface area (Å²) in [5, 5.41) is 3.55. The molecule has 2 fully saturated rings. The van der Waals surface area contributed by atoms with Gasteiger partial charge in [0.05, 0.1) is 25.1 Å². The molecule has 2 N–H and O–H groups in total. The molecule has 3 aliphatic rings. The van der Waals surface area contributed by atoms with Gasteiger partial charge in [-0.25, -0.2) is 17.2 Å². The molecule has 2 aromatic rings. The van der Waals surface area contributed by atoms with Gasteiger partial charge in [-0.15, -0.1) is 0 Å². The Morgan fingerprint density at radius 2 is 2.03 bits per heavy atom. The molecule has 0 bridgehead atoms. The Balaban J connectivity index is 1.29. The molecule has 1 aromatic heterocycles. The maximum absolute atomic E-state index is 14.2. The topological polar surface area (TPSA) is 99.7 Å². The van der Waals surface area contributed by atoms with E-state index in [-0.39, 0.29) is 24.8 Å².